The number of nitrogens with two attached hydrogens (primary N) is 2. The molecule has 1 aliphatic rings. The normalized spacial score (nSPS) is 16.7. The number of halogens is 3. The molecule has 1 aromatic carbocycles. The molecule has 2 aromatic heterocycles. The Morgan fingerprint density at radius 3 is 2.91 bits per heavy atom. The molecule has 2 unspecified atom stereocenters. The predicted octanol–water partition coefficient (Wildman–Crippen LogP) is -0.153. The molecule has 6 N–H and O–H groups in total. The number of carbonyl (C=O) groups is 1. The van der Waals surface area contributed by atoms with E-state index in [1.807, 2.05) is 19.1 Å². The third kappa shape index (κ3) is 7.36. The van der Waals surface area contributed by atoms with Crippen molar-refractivity contribution in [3.8, 4) is 11.3 Å². The Hall–Kier alpha value is -2.28. The zero-order valence-corrected chi connectivity index (χ0v) is 20.9. The van der Waals surface area contributed by atoms with Crippen molar-refractivity contribution < 1.29 is 35.1 Å². The van der Waals surface area contributed by atoms with Crippen LogP contribution in [0.15, 0.2) is 42.7 Å². The van der Waals surface area contributed by atoms with E-state index in [0.717, 1.165) is 27.7 Å². The van der Waals surface area contributed by atoms with Crippen molar-refractivity contribution in [2.24, 2.45) is 5.73 Å². The Labute approximate surface area is 206 Å². The number of hydrogen-bond donors (Lipinski definition) is 4. The molecule has 11 heteroatoms. The van der Waals surface area contributed by atoms with Gasteiger partial charge in [-0.25, -0.2) is 9.97 Å². The number of nitrogen functional groups attached to an aromatic ring is 1. The van der Waals surface area contributed by atoms with Gasteiger partial charge >= 0.3 is 52.2 Å². The number of H-pyrrole nitrogens is 1. The number of hydrogen-bond acceptors (Lipinski definition) is 6. The van der Waals surface area contributed by atoms with Gasteiger partial charge in [0.25, 0.3) is 5.91 Å². The summed E-state index contributed by atoms with van der Waals surface area (Å²) in [4.78, 5) is 23.7. The first-order valence-corrected chi connectivity index (χ1v) is 13.4. The van der Waals surface area contributed by atoms with Crippen LogP contribution >= 0.6 is 11.6 Å². The molecule has 33 heavy (non-hydrogen) atoms. The first kappa shape index (κ1) is 25.3. The first-order chi connectivity index (χ1) is 15.9. The summed E-state index contributed by atoms with van der Waals surface area (Å²) in [5, 5.41) is 3.50. The van der Waals surface area contributed by atoms with E-state index in [1.54, 1.807) is 30.6 Å². The van der Waals surface area contributed by atoms with Crippen LogP contribution in [0.5, 0.6) is 0 Å². The van der Waals surface area contributed by atoms with Gasteiger partial charge in [0.1, 0.15) is 5.69 Å². The molecular weight excluding hydrogens is 562 g/mol. The minimum atomic E-state index is -0.576. The summed E-state index contributed by atoms with van der Waals surface area (Å²) in [7, 11) is 0. The molecule has 4 rings (SSSR count). The topological polar surface area (TPSA) is 132 Å². The Morgan fingerprint density at radius 2 is 2.27 bits per heavy atom. The molecule has 3 aromatic rings. The quantitative estimate of drug-likeness (QED) is 0.243. The summed E-state index contributed by atoms with van der Waals surface area (Å²) >= 11 is 5.88. The average molecular weight is 588 g/mol. The third-order valence-corrected chi connectivity index (χ3v) is 7.34. The van der Waals surface area contributed by atoms with Gasteiger partial charge in [0.15, 0.2) is 0 Å². The van der Waals surface area contributed by atoms with Crippen LogP contribution in [0.4, 0.5) is 10.3 Å². The molecule has 3 heterocycles. The monoisotopic (exact) mass is 587 g/mol. The van der Waals surface area contributed by atoms with E-state index in [1.165, 1.54) is 0 Å². The van der Waals surface area contributed by atoms with Gasteiger partial charge in [-0.1, -0.05) is 23.7 Å². The van der Waals surface area contributed by atoms with Crippen LogP contribution in [0.1, 0.15) is 27.7 Å². The second-order valence-corrected chi connectivity index (χ2v) is 10.9. The van der Waals surface area contributed by atoms with Crippen molar-refractivity contribution in [3.05, 3.63) is 64.6 Å². The second-order valence-electron chi connectivity index (χ2n) is 7.19. The fraction of sp³-hybridized carbons (Fsp3) is 0.318. The van der Waals surface area contributed by atoms with E-state index < -0.39 is 4.18 Å². The van der Waals surface area contributed by atoms with Gasteiger partial charge in [-0.3, -0.25) is 4.79 Å². The van der Waals surface area contributed by atoms with Gasteiger partial charge in [-0.05, 0) is 36.2 Å². The van der Waals surface area contributed by atoms with E-state index >= 15 is 0 Å². The number of aromatic amines is 1. The van der Waals surface area contributed by atoms with Gasteiger partial charge in [0, 0.05) is 29.5 Å². The van der Waals surface area contributed by atoms with Crippen LogP contribution in [0, 0.1) is 6.92 Å². The SMILES string of the molecule is Cc1cnc(N)nc1-c1c[nH]c(C(=O)NC(CN)c2cccc(Cl)c2)c1.FC1COCC[I-]1. The Kier molecular flexibility index (Phi) is 9.41. The van der Waals surface area contributed by atoms with Crippen molar-refractivity contribution in [1.29, 1.82) is 0 Å². The molecule has 0 bridgehead atoms. The van der Waals surface area contributed by atoms with Gasteiger partial charge in [0.2, 0.25) is 5.95 Å². The molecule has 1 amide bonds. The van der Waals surface area contributed by atoms with E-state index in [-0.39, 0.29) is 45.6 Å². The van der Waals surface area contributed by atoms with Crippen LogP contribution in [0.25, 0.3) is 11.3 Å². The molecule has 2 atom stereocenters. The molecule has 0 radical (unpaired) electrons. The fourth-order valence-corrected chi connectivity index (χ4v) is 5.03. The summed E-state index contributed by atoms with van der Waals surface area (Å²) < 4.78 is 17.4. The number of nitrogens with zero attached hydrogens (tertiary/aromatic N) is 2. The molecular formula is C22H26ClFIN6O2-. The number of carbonyl (C=O) groups excluding carboxylic acids is 1. The van der Waals surface area contributed by atoms with Gasteiger partial charge in [0.05, 0.1) is 11.7 Å². The number of aromatic nitrogens is 3. The van der Waals surface area contributed by atoms with Crippen molar-refractivity contribution in [3.63, 3.8) is 0 Å². The molecule has 1 fully saturated rings. The maximum atomic E-state index is 12.6. The predicted molar refractivity (Wildman–Crippen MR) is 122 cm³/mol. The van der Waals surface area contributed by atoms with Gasteiger partial charge in [-0.2, -0.15) is 0 Å². The average Bonchev–Trinajstić information content (AvgIpc) is 3.30. The Bertz CT molecular complexity index is 1080. The third-order valence-electron chi connectivity index (χ3n) is 4.73. The van der Waals surface area contributed by atoms with Crippen LogP contribution < -0.4 is 38.0 Å². The van der Waals surface area contributed by atoms with Gasteiger partial charge in [-0.15, -0.1) is 0 Å². The zero-order chi connectivity index (χ0) is 23.8. The van der Waals surface area contributed by atoms with Crippen molar-refractivity contribution in [2.75, 3.05) is 29.9 Å². The molecule has 8 nitrogen and oxygen atoms in total. The van der Waals surface area contributed by atoms with Crippen LogP contribution in [0.3, 0.4) is 0 Å². The Morgan fingerprint density at radius 1 is 1.45 bits per heavy atom. The zero-order valence-electron chi connectivity index (χ0n) is 18.0. The molecule has 1 aliphatic heterocycles. The summed E-state index contributed by atoms with van der Waals surface area (Å²) in [5.74, 6) is -0.0895. The maximum absolute atomic E-state index is 12.6. The summed E-state index contributed by atoms with van der Waals surface area (Å²) in [6, 6.07) is 8.62. The van der Waals surface area contributed by atoms with Crippen molar-refractivity contribution in [2.45, 2.75) is 17.1 Å². The fourth-order valence-electron chi connectivity index (χ4n) is 3.08. The minimum absolute atomic E-state index is 0.140. The van der Waals surface area contributed by atoms with E-state index in [4.69, 9.17) is 27.8 Å². The standard InChI is InChI=1S/C18H19ClN6O.C4H7FIO/c1-10-8-23-18(21)25-16(10)12-6-14(22-9-12)17(26)24-15(7-20)11-3-2-4-13(19)5-11;5-4-3-7-2-1-6-4/h2-6,8-9,15,22H,7,20H2,1H3,(H,24,26)(H2,21,23,25);4H,1-3H2/q;-1. The molecule has 1 saturated heterocycles. The number of amides is 1. The van der Waals surface area contributed by atoms with Crippen LogP contribution in [-0.2, 0) is 4.74 Å². The second kappa shape index (κ2) is 12.3. The van der Waals surface area contributed by atoms with Crippen molar-refractivity contribution in [1.82, 2.24) is 20.3 Å². The number of benzene rings is 1. The molecule has 0 saturated carbocycles. The van der Waals surface area contributed by atoms with E-state index in [9.17, 15) is 9.18 Å². The van der Waals surface area contributed by atoms with E-state index in [0.29, 0.717) is 23.0 Å². The van der Waals surface area contributed by atoms with Gasteiger partial charge < -0.3 is 21.8 Å². The summed E-state index contributed by atoms with van der Waals surface area (Å²) in [6.45, 7) is 3.30. The molecule has 178 valence electrons. The summed E-state index contributed by atoms with van der Waals surface area (Å²) in [6.07, 6.45) is 3.36. The number of nitrogens with one attached hydrogen (secondary N) is 2. The Balaban J connectivity index is 0.000000374. The summed E-state index contributed by atoms with van der Waals surface area (Å²) in [5.41, 5.74) is 15.0. The van der Waals surface area contributed by atoms with Crippen molar-refractivity contribution >= 4 is 23.5 Å². The molecule has 0 spiro atoms. The number of alkyl halides is 3. The number of anilines is 1. The number of ether oxygens (including phenoxy) is 1. The number of rotatable bonds is 5. The van der Waals surface area contributed by atoms with E-state index in [2.05, 4.69) is 20.3 Å². The van der Waals surface area contributed by atoms with Crippen LogP contribution in [0.2, 0.25) is 5.02 Å². The molecule has 0 aliphatic carbocycles. The first-order valence-electron chi connectivity index (χ1n) is 10.2. The number of aryl methyl sites for hydroxylation is 1. The van der Waals surface area contributed by atoms with Crippen LogP contribution in [-0.4, -0.2) is 49.2 Å².